The van der Waals surface area contributed by atoms with Crippen molar-refractivity contribution in [3.8, 4) is 5.75 Å². The average Bonchev–Trinajstić information content (AvgIpc) is 2.53. The minimum Gasteiger partial charge on any atom is -0.611 e. The zero-order valence-corrected chi connectivity index (χ0v) is 12.3. The maximum atomic E-state index is 11.6. The van der Waals surface area contributed by atoms with E-state index in [2.05, 4.69) is 15.3 Å². The molecule has 0 aliphatic rings. The van der Waals surface area contributed by atoms with Gasteiger partial charge in [-0.25, -0.2) is 14.8 Å². The van der Waals surface area contributed by atoms with Gasteiger partial charge in [0.2, 0.25) is 0 Å². The molecule has 1 amide bonds. The summed E-state index contributed by atoms with van der Waals surface area (Å²) in [5.41, 5.74) is 0. The molecule has 0 spiro atoms. The number of para-hydroxylation sites is 1. The van der Waals surface area contributed by atoms with Gasteiger partial charge in [-0.3, -0.25) is 0 Å². The molecule has 1 unspecified atom stereocenters. The van der Waals surface area contributed by atoms with E-state index in [1.54, 1.807) is 24.3 Å². The van der Waals surface area contributed by atoms with Crippen LogP contribution in [0.1, 0.15) is 12.7 Å². The summed E-state index contributed by atoms with van der Waals surface area (Å²) in [7, 11) is 0. The molecule has 2 rings (SSSR count). The van der Waals surface area contributed by atoms with E-state index in [0.29, 0.717) is 22.2 Å². The number of rotatable bonds is 5. The van der Waals surface area contributed by atoms with Gasteiger partial charge in [0.25, 0.3) is 0 Å². The number of carbonyl (C=O) groups is 1. The van der Waals surface area contributed by atoms with E-state index >= 15 is 0 Å². The summed E-state index contributed by atoms with van der Waals surface area (Å²) in [5.74, 6) is 1.41. The molecule has 1 aromatic carbocycles. The van der Waals surface area contributed by atoms with E-state index in [4.69, 9.17) is 4.74 Å². The molecule has 0 aliphatic carbocycles. The highest BCUT2D eigenvalue weighted by molar-refractivity contribution is 7.91. The number of nitrogens with zero attached hydrogens (tertiary/aromatic N) is 2. The lowest BCUT2D eigenvalue weighted by molar-refractivity contribution is 0.199. The fraction of sp³-hybridized carbons (Fsp3) is 0.214. The molecular formula is C14H15N3O3S. The quantitative estimate of drug-likeness (QED) is 0.852. The van der Waals surface area contributed by atoms with Crippen LogP contribution in [-0.2, 0) is 17.7 Å². The molecule has 2 aromatic rings. The van der Waals surface area contributed by atoms with E-state index in [-0.39, 0.29) is 6.54 Å². The Bertz CT molecular complexity index is 578. The van der Waals surface area contributed by atoms with Crippen molar-refractivity contribution in [2.75, 3.05) is 5.75 Å². The van der Waals surface area contributed by atoms with Gasteiger partial charge in [-0.1, -0.05) is 18.2 Å². The Morgan fingerprint density at radius 2 is 1.95 bits per heavy atom. The molecule has 0 saturated heterocycles. The summed E-state index contributed by atoms with van der Waals surface area (Å²) in [6, 6.07) is 8.76. The van der Waals surface area contributed by atoms with Gasteiger partial charge < -0.3 is 14.6 Å². The Morgan fingerprint density at radius 1 is 1.29 bits per heavy atom. The second-order valence-corrected chi connectivity index (χ2v) is 5.77. The Kier molecular flexibility index (Phi) is 5.53. The van der Waals surface area contributed by atoms with Gasteiger partial charge in [0.05, 0.1) is 18.9 Å². The van der Waals surface area contributed by atoms with Crippen molar-refractivity contribution in [2.45, 2.75) is 18.4 Å². The van der Waals surface area contributed by atoms with Gasteiger partial charge >= 0.3 is 6.09 Å². The third kappa shape index (κ3) is 4.73. The topological polar surface area (TPSA) is 87.2 Å². The van der Waals surface area contributed by atoms with Crippen LogP contribution in [0.15, 0.2) is 47.6 Å². The SMILES string of the molecule is CC[S+]([O-])c1cnc(CNC(=O)Oc2ccccc2)nc1. The second-order valence-electron chi connectivity index (χ2n) is 4.03. The molecule has 1 aromatic heterocycles. The summed E-state index contributed by atoms with van der Waals surface area (Å²) in [4.78, 5) is 20.3. The molecule has 0 saturated carbocycles. The lowest BCUT2D eigenvalue weighted by atomic mass is 10.3. The van der Waals surface area contributed by atoms with Crippen LogP contribution < -0.4 is 10.1 Å². The third-order valence-electron chi connectivity index (χ3n) is 2.55. The number of ether oxygens (including phenoxy) is 1. The predicted octanol–water partition coefficient (Wildman–Crippen LogP) is 1.89. The van der Waals surface area contributed by atoms with Crippen LogP contribution >= 0.6 is 0 Å². The molecule has 0 radical (unpaired) electrons. The van der Waals surface area contributed by atoms with E-state index in [0.717, 1.165) is 0 Å². The van der Waals surface area contributed by atoms with E-state index in [1.807, 2.05) is 13.0 Å². The van der Waals surface area contributed by atoms with Crippen LogP contribution in [0.2, 0.25) is 0 Å². The number of hydrogen-bond acceptors (Lipinski definition) is 5. The minimum atomic E-state index is -1.07. The van der Waals surface area contributed by atoms with Gasteiger partial charge in [0, 0.05) is 0 Å². The van der Waals surface area contributed by atoms with Crippen LogP contribution in [-0.4, -0.2) is 26.4 Å². The first-order chi connectivity index (χ1) is 10.2. The highest BCUT2D eigenvalue weighted by atomic mass is 32.2. The lowest BCUT2D eigenvalue weighted by Gasteiger charge is -2.08. The Morgan fingerprint density at radius 3 is 2.57 bits per heavy atom. The number of benzene rings is 1. The van der Waals surface area contributed by atoms with Crippen molar-refractivity contribution in [2.24, 2.45) is 0 Å². The zero-order chi connectivity index (χ0) is 15.1. The standard InChI is InChI=1S/C14H15N3O3S/c1-2-21(19)12-8-15-13(16-9-12)10-17-14(18)20-11-6-4-3-5-7-11/h3-9H,2,10H2,1H3,(H,17,18). The summed E-state index contributed by atoms with van der Waals surface area (Å²) >= 11 is -1.07. The number of hydrogen-bond donors (Lipinski definition) is 1. The number of nitrogens with one attached hydrogen (secondary N) is 1. The van der Waals surface area contributed by atoms with Crippen molar-refractivity contribution in [1.82, 2.24) is 15.3 Å². The number of amides is 1. The second kappa shape index (κ2) is 7.61. The first-order valence-corrected chi connectivity index (χ1v) is 7.71. The minimum absolute atomic E-state index is 0.144. The summed E-state index contributed by atoms with van der Waals surface area (Å²) in [6.07, 6.45) is 2.43. The highest BCUT2D eigenvalue weighted by Gasteiger charge is 2.10. The van der Waals surface area contributed by atoms with Crippen LogP contribution in [0.25, 0.3) is 0 Å². The maximum Gasteiger partial charge on any atom is 0.412 e. The van der Waals surface area contributed by atoms with Crippen molar-refractivity contribution in [1.29, 1.82) is 0 Å². The smallest absolute Gasteiger partial charge is 0.412 e. The van der Waals surface area contributed by atoms with Gasteiger partial charge in [-0.05, 0) is 30.2 Å². The van der Waals surface area contributed by atoms with Crippen LogP contribution in [0.3, 0.4) is 0 Å². The Balaban J connectivity index is 1.84. The Labute approximate surface area is 125 Å². The maximum absolute atomic E-state index is 11.6. The van der Waals surface area contributed by atoms with Crippen molar-refractivity contribution in [3.05, 3.63) is 48.5 Å². The molecule has 1 atom stereocenters. The molecule has 0 aliphatic heterocycles. The monoisotopic (exact) mass is 305 g/mol. The third-order valence-corrected chi connectivity index (χ3v) is 3.81. The van der Waals surface area contributed by atoms with Crippen LogP contribution in [0.5, 0.6) is 5.75 Å². The van der Waals surface area contributed by atoms with E-state index in [9.17, 15) is 9.35 Å². The normalized spacial score (nSPS) is 11.7. The fourth-order valence-electron chi connectivity index (χ4n) is 1.50. The van der Waals surface area contributed by atoms with Gasteiger partial charge in [-0.2, -0.15) is 0 Å². The number of aromatic nitrogens is 2. The fourth-order valence-corrected chi connectivity index (χ4v) is 2.18. The van der Waals surface area contributed by atoms with E-state index in [1.165, 1.54) is 12.4 Å². The predicted molar refractivity (Wildman–Crippen MR) is 78.3 cm³/mol. The molecule has 110 valence electrons. The zero-order valence-electron chi connectivity index (χ0n) is 11.5. The van der Waals surface area contributed by atoms with Gasteiger partial charge in [-0.15, -0.1) is 0 Å². The molecule has 0 bridgehead atoms. The largest absolute Gasteiger partial charge is 0.611 e. The van der Waals surface area contributed by atoms with Crippen molar-refractivity contribution < 1.29 is 14.1 Å². The van der Waals surface area contributed by atoms with Crippen molar-refractivity contribution in [3.63, 3.8) is 0 Å². The summed E-state index contributed by atoms with van der Waals surface area (Å²) < 4.78 is 16.6. The van der Waals surface area contributed by atoms with Crippen molar-refractivity contribution >= 4 is 17.3 Å². The molecule has 0 fully saturated rings. The van der Waals surface area contributed by atoms with Gasteiger partial charge in [0.1, 0.15) is 17.3 Å². The summed E-state index contributed by atoms with van der Waals surface area (Å²) in [5, 5.41) is 2.55. The molecule has 7 heteroatoms. The van der Waals surface area contributed by atoms with Gasteiger partial charge in [0.15, 0.2) is 4.90 Å². The molecule has 1 N–H and O–H groups in total. The average molecular weight is 305 g/mol. The molecular weight excluding hydrogens is 290 g/mol. The Hall–Kier alpha value is -2.12. The first-order valence-electron chi connectivity index (χ1n) is 6.39. The molecule has 21 heavy (non-hydrogen) atoms. The van der Waals surface area contributed by atoms with E-state index < -0.39 is 17.3 Å². The summed E-state index contributed by atoms with van der Waals surface area (Å²) in [6.45, 7) is 1.97. The molecule has 6 nitrogen and oxygen atoms in total. The highest BCUT2D eigenvalue weighted by Crippen LogP contribution is 2.09. The number of carbonyl (C=O) groups excluding carboxylic acids is 1. The van der Waals surface area contributed by atoms with Crippen LogP contribution in [0.4, 0.5) is 4.79 Å². The lowest BCUT2D eigenvalue weighted by Crippen LogP contribution is -2.27. The van der Waals surface area contributed by atoms with Crippen LogP contribution in [0, 0.1) is 0 Å². The molecule has 1 heterocycles. The first kappa shape index (κ1) is 15.3.